The maximum atomic E-state index is 12.7. The van der Waals surface area contributed by atoms with E-state index in [0.29, 0.717) is 28.2 Å². The van der Waals surface area contributed by atoms with Gasteiger partial charge in [-0.2, -0.15) is 13.8 Å². The zero-order valence-electron chi connectivity index (χ0n) is 16.4. The van der Waals surface area contributed by atoms with Gasteiger partial charge in [0, 0.05) is 37.3 Å². The predicted molar refractivity (Wildman–Crippen MR) is 112 cm³/mol. The summed E-state index contributed by atoms with van der Waals surface area (Å²) in [5.41, 5.74) is 0.298. The van der Waals surface area contributed by atoms with Crippen molar-refractivity contribution in [1.82, 2.24) is 15.3 Å². The average molecular weight is 422 g/mol. The van der Waals surface area contributed by atoms with Gasteiger partial charge < -0.3 is 15.5 Å². The van der Waals surface area contributed by atoms with Gasteiger partial charge in [0.15, 0.2) is 0 Å². The minimum Gasteiger partial charge on any atom is -0.363 e. The van der Waals surface area contributed by atoms with Crippen LogP contribution in [0.5, 0.6) is 0 Å². The number of aromatic nitrogens is 2. The molecule has 0 atom stereocenters. The molecule has 1 aromatic heterocycles. The second kappa shape index (κ2) is 9.87. The normalized spacial score (nSPS) is 19.1. The molecule has 0 bridgehead atoms. The molecule has 3 rings (SSSR count). The summed E-state index contributed by atoms with van der Waals surface area (Å²) < 4.78 is 25.5. The molecule has 1 amide bonds. The van der Waals surface area contributed by atoms with E-state index in [-0.39, 0.29) is 18.0 Å². The second-order valence-electron chi connectivity index (χ2n) is 7.17. The number of halogens is 2. The lowest BCUT2D eigenvalue weighted by atomic mass is 9.91. The minimum atomic E-state index is -2.56. The Labute approximate surface area is 173 Å². The van der Waals surface area contributed by atoms with Crippen LogP contribution in [0.25, 0.3) is 0 Å². The van der Waals surface area contributed by atoms with Crippen molar-refractivity contribution >= 4 is 29.4 Å². The van der Waals surface area contributed by atoms with Crippen LogP contribution in [0.3, 0.4) is 0 Å². The fraction of sp³-hybridized carbons (Fsp3) is 0.450. The van der Waals surface area contributed by atoms with Gasteiger partial charge in [0.05, 0.1) is 5.56 Å². The van der Waals surface area contributed by atoms with Crippen molar-refractivity contribution in [3.8, 4) is 0 Å². The highest BCUT2D eigenvalue weighted by molar-refractivity contribution is 7.99. The summed E-state index contributed by atoms with van der Waals surface area (Å²) in [7, 11) is 3.86. The van der Waals surface area contributed by atoms with Gasteiger partial charge in [-0.05, 0) is 43.9 Å². The van der Waals surface area contributed by atoms with E-state index in [1.54, 1.807) is 30.5 Å². The van der Waals surface area contributed by atoms with Crippen LogP contribution in [0.15, 0.2) is 41.4 Å². The Morgan fingerprint density at radius 2 is 1.83 bits per heavy atom. The van der Waals surface area contributed by atoms with Crippen LogP contribution in [0.4, 0.5) is 20.5 Å². The number of carbonyl (C=O) groups is 1. The van der Waals surface area contributed by atoms with Gasteiger partial charge in [-0.25, -0.2) is 4.98 Å². The van der Waals surface area contributed by atoms with Gasteiger partial charge in [0.25, 0.3) is 11.7 Å². The molecule has 1 saturated carbocycles. The van der Waals surface area contributed by atoms with E-state index in [4.69, 9.17) is 0 Å². The van der Waals surface area contributed by atoms with Gasteiger partial charge in [-0.3, -0.25) is 4.79 Å². The number of hydrogen-bond acceptors (Lipinski definition) is 6. The Balaban J connectivity index is 1.52. The number of rotatable bonds is 7. The molecule has 0 saturated heterocycles. The first-order valence-electron chi connectivity index (χ1n) is 9.54. The number of nitrogens with one attached hydrogen (secondary N) is 2. The highest BCUT2D eigenvalue weighted by atomic mass is 32.2. The van der Waals surface area contributed by atoms with Crippen molar-refractivity contribution in [2.45, 2.75) is 48.4 Å². The third kappa shape index (κ3) is 6.03. The monoisotopic (exact) mass is 421 g/mol. The van der Waals surface area contributed by atoms with E-state index in [1.807, 2.05) is 25.1 Å². The number of nitrogens with zero attached hydrogens (tertiary/aromatic N) is 3. The first-order chi connectivity index (χ1) is 13.9. The Kier molecular flexibility index (Phi) is 7.24. The lowest BCUT2D eigenvalue weighted by molar-refractivity contribution is 0.0923. The molecule has 9 heteroatoms. The van der Waals surface area contributed by atoms with Crippen molar-refractivity contribution in [2.75, 3.05) is 24.3 Å². The van der Waals surface area contributed by atoms with Crippen molar-refractivity contribution in [2.24, 2.45) is 0 Å². The first-order valence-corrected chi connectivity index (χ1v) is 10.4. The van der Waals surface area contributed by atoms with Crippen LogP contribution in [0, 0.1) is 0 Å². The molecule has 2 N–H and O–H groups in total. The molecule has 156 valence electrons. The fourth-order valence-corrected chi connectivity index (χ4v) is 3.99. The van der Waals surface area contributed by atoms with Gasteiger partial charge in [-0.1, -0.05) is 23.9 Å². The van der Waals surface area contributed by atoms with E-state index in [0.717, 1.165) is 31.5 Å². The molecular formula is C20H25F2N5OS. The summed E-state index contributed by atoms with van der Waals surface area (Å²) in [5, 5.41) is 6.36. The molecule has 1 aromatic carbocycles. The van der Waals surface area contributed by atoms with Gasteiger partial charge in [0.1, 0.15) is 5.82 Å². The number of amides is 1. The topological polar surface area (TPSA) is 70.2 Å². The van der Waals surface area contributed by atoms with E-state index in [2.05, 4.69) is 20.6 Å². The van der Waals surface area contributed by atoms with E-state index in [1.165, 1.54) is 0 Å². The molecule has 1 aliphatic carbocycles. The summed E-state index contributed by atoms with van der Waals surface area (Å²) in [5.74, 6) is -1.42. The highest BCUT2D eigenvalue weighted by Gasteiger charge is 2.24. The number of anilines is 2. The highest BCUT2D eigenvalue weighted by Crippen LogP contribution is 2.29. The molecule has 0 aliphatic heterocycles. The first kappa shape index (κ1) is 21.3. The van der Waals surface area contributed by atoms with Crippen LogP contribution in [0.1, 0.15) is 36.0 Å². The van der Waals surface area contributed by atoms with Crippen LogP contribution in [-0.4, -0.2) is 47.8 Å². The van der Waals surface area contributed by atoms with Crippen molar-refractivity contribution in [3.63, 3.8) is 0 Å². The summed E-state index contributed by atoms with van der Waals surface area (Å²) >= 11 is 0.399. The number of benzene rings is 1. The van der Waals surface area contributed by atoms with Crippen molar-refractivity contribution in [3.05, 3.63) is 42.1 Å². The smallest absolute Gasteiger partial charge is 0.288 e. The fourth-order valence-electron chi connectivity index (χ4n) is 3.35. The van der Waals surface area contributed by atoms with Crippen molar-refractivity contribution < 1.29 is 13.6 Å². The molecule has 0 spiro atoms. The zero-order chi connectivity index (χ0) is 20.8. The molecule has 1 fully saturated rings. The average Bonchev–Trinajstić information content (AvgIpc) is 2.69. The van der Waals surface area contributed by atoms with Crippen LogP contribution in [-0.2, 0) is 0 Å². The number of thioether (sulfide) groups is 1. The van der Waals surface area contributed by atoms with E-state index < -0.39 is 5.76 Å². The molecule has 6 nitrogen and oxygen atoms in total. The molecular weight excluding hydrogens is 396 g/mol. The number of carbonyl (C=O) groups excluding carboxylic acids is 1. The molecule has 1 aliphatic rings. The Morgan fingerprint density at radius 3 is 2.52 bits per heavy atom. The minimum absolute atomic E-state index is 0.0270. The lowest BCUT2D eigenvalue weighted by Crippen LogP contribution is -2.40. The maximum Gasteiger partial charge on any atom is 0.288 e. The van der Waals surface area contributed by atoms with Crippen LogP contribution in [0.2, 0.25) is 0 Å². The van der Waals surface area contributed by atoms with Crippen molar-refractivity contribution in [1.29, 1.82) is 0 Å². The van der Waals surface area contributed by atoms with Gasteiger partial charge >= 0.3 is 0 Å². The second-order valence-corrected chi connectivity index (χ2v) is 8.21. The van der Waals surface area contributed by atoms with E-state index in [9.17, 15) is 13.6 Å². The zero-order valence-corrected chi connectivity index (χ0v) is 17.3. The Bertz CT molecular complexity index is 828. The Morgan fingerprint density at radius 1 is 1.14 bits per heavy atom. The molecule has 0 unspecified atom stereocenters. The third-order valence-electron chi connectivity index (χ3n) is 4.84. The summed E-state index contributed by atoms with van der Waals surface area (Å²) in [6.07, 6.45) is 5.08. The summed E-state index contributed by atoms with van der Waals surface area (Å²) in [6, 6.07) is 8.60. The standard InChI is InChI=1S/C20H25F2N5OS/c1-27(2)17-11-12-23-20(26-17)25-14-9-7-13(8-10-14)24-18(28)15-5-3-4-6-16(15)29-19(21)22/h3-6,11-14,19H,7-10H2,1-2H3,(H,24,28)(H,23,25,26). The van der Waals surface area contributed by atoms with Gasteiger partial charge in [-0.15, -0.1) is 0 Å². The van der Waals surface area contributed by atoms with Crippen LogP contribution >= 0.6 is 11.8 Å². The summed E-state index contributed by atoms with van der Waals surface area (Å²) in [6.45, 7) is 0. The molecule has 2 aromatic rings. The third-order valence-corrected chi connectivity index (χ3v) is 5.63. The SMILES string of the molecule is CN(C)c1ccnc(NC2CCC(NC(=O)c3ccccc3SC(F)F)CC2)n1. The maximum absolute atomic E-state index is 12.7. The summed E-state index contributed by atoms with van der Waals surface area (Å²) in [4.78, 5) is 23.6. The lowest BCUT2D eigenvalue weighted by Gasteiger charge is -2.30. The van der Waals surface area contributed by atoms with Crippen LogP contribution < -0.4 is 15.5 Å². The molecule has 1 heterocycles. The van der Waals surface area contributed by atoms with Gasteiger partial charge in [0.2, 0.25) is 5.95 Å². The predicted octanol–water partition coefficient (Wildman–Crippen LogP) is 4.01. The molecule has 0 radical (unpaired) electrons. The quantitative estimate of drug-likeness (QED) is 0.659. The number of alkyl halides is 2. The Hall–Kier alpha value is -2.42. The largest absolute Gasteiger partial charge is 0.363 e. The molecule has 29 heavy (non-hydrogen) atoms. The number of hydrogen-bond donors (Lipinski definition) is 2. The van der Waals surface area contributed by atoms with E-state index >= 15 is 0 Å².